The molecule has 1 aliphatic rings. The van der Waals surface area contributed by atoms with Gasteiger partial charge in [0, 0.05) is 7.11 Å². The second kappa shape index (κ2) is 13.6. The number of methoxy groups -OCH3 is 1. The Hall–Kier alpha value is 0.911. The summed E-state index contributed by atoms with van der Waals surface area (Å²) in [6.45, 7) is 15.1. The Morgan fingerprint density at radius 2 is 1.75 bits per heavy atom. The molecule has 2 nitrogen and oxygen atoms in total. The van der Waals surface area contributed by atoms with Gasteiger partial charge in [0.1, 0.15) is 8.96 Å². The molecule has 0 aromatic rings. The molecule has 1 radical (unpaired) electrons. The SMILES string of the molecule is CC1=[C-]C(C)C(C)=C1C.COC(C)N[Si](C)C.[Cl][Ti][Cl]. The number of nitrogens with one attached hydrogen (secondary N) is 1. The van der Waals surface area contributed by atoms with E-state index in [0.29, 0.717) is 5.92 Å². The van der Waals surface area contributed by atoms with Crippen molar-refractivity contribution in [1.82, 2.24) is 4.98 Å². The van der Waals surface area contributed by atoms with E-state index in [-0.39, 0.29) is 15.2 Å². The predicted octanol–water partition coefficient (Wildman–Crippen LogP) is 4.92. The van der Waals surface area contributed by atoms with Crippen molar-refractivity contribution in [1.29, 1.82) is 0 Å². The number of hydrogen-bond donors (Lipinski definition) is 1. The maximum atomic E-state index is 4.98. The molecule has 0 aromatic heterocycles. The summed E-state index contributed by atoms with van der Waals surface area (Å²) in [4.78, 5) is 3.27. The normalized spacial score (nSPS) is 18.8. The number of hydrogen-bond acceptors (Lipinski definition) is 2. The first-order valence-electron chi connectivity index (χ1n) is 6.54. The molecule has 117 valence electrons. The Morgan fingerprint density at radius 1 is 1.30 bits per heavy atom. The molecule has 0 amide bonds. The maximum absolute atomic E-state index is 4.98. The van der Waals surface area contributed by atoms with Gasteiger partial charge in [-0.3, -0.25) is 6.08 Å². The second-order valence-corrected chi connectivity index (χ2v) is 9.76. The average molecular weight is 372 g/mol. The third-order valence-corrected chi connectivity index (χ3v) is 4.07. The van der Waals surface area contributed by atoms with Crippen molar-refractivity contribution < 1.29 is 21.8 Å². The van der Waals surface area contributed by atoms with Crippen LogP contribution >= 0.6 is 18.6 Å². The molecule has 1 N–H and O–H groups in total. The van der Waals surface area contributed by atoms with Gasteiger partial charge in [-0.05, 0) is 6.92 Å². The fourth-order valence-corrected chi connectivity index (χ4v) is 2.56. The zero-order valence-corrected chi connectivity index (χ0v) is 17.9. The van der Waals surface area contributed by atoms with Crippen molar-refractivity contribution in [2.75, 3.05) is 7.11 Å². The molecule has 0 fully saturated rings. The van der Waals surface area contributed by atoms with E-state index in [0.717, 1.165) is 0 Å². The second-order valence-electron chi connectivity index (χ2n) is 4.89. The van der Waals surface area contributed by atoms with Gasteiger partial charge in [-0.2, -0.15) is 11.1 Å². The van der Waals surface area contributed by atoms with Crippen LogP contribution in [0.15, 0.2) is 16.7 Å². The van der Waals surface area contributed by atoms with Gasteiger partial charge >= 0.3 is 35.6 Å². The first kappa shape index (κ1) is 23.2. The van der Waals surface area contributed by atoms with Crippen molar-refractivity contribution in [2.45, 2.75) is 53.9 Å². The molecule has 2 atom stereocenters. The van der Waals surface area contributed by atoms with Gasteiger partial charge in [-0.25, -0.2) is 5.57 Å². The van der Waals surface area contributed by atoms with Gasteiger partial charge in [0.25, 0.3) is 0 Å². The Kier molecular flexibility index (Phi) is 15.7. The topological polar surface area (TPSA) is 21.3 Å². The van der Waals surface area contributed by atoms with Gasteiger partial charge < -0.3 is 9.72 Å². The first-order chi connectivity index (χ1) is 9.20. The summed E-state index contributed by atoms with van der Waals surface area (Å²) in [6.07, 6.45) is 3.58. The van der Waals surface area contributed by atoms with Gasteiger partial charge in [0.15, 0.2) is 0 Å². The zero-order chi connectivity index (χ0) is 16.3. The third-order valence-electron chi connectivity index (χ3n) is 3.08. The van der Waals surface area contributed by atoms with Crippen LogP contribution < -0.4 is 4.98 Å². The molecule has 0 saturated heterocycles. The molecule has 0 saturated carbocycles. The summed E-state index contributed by atoms with van der Waals surface area (Å²) in [5.74, 6) is 0.560. The van der Waals surface area contributed by atoms with Crippen LogP contribution in [-0.4, -0.2) is 22.3 Å². The van der Waals surface area contributed by atoms with Crippen LogP contribution in [0.1, 0.15) is 34.6 Å². The van der Waals surface area contributed by atoms with Crippen molar-refractivity contribution in [3.8, 4) is 0 Å². The molecule has 1 rings (SSSR count). The Morgan fingerprint density at radius 3 is 1.85 bits per heavy atom. The Bertz CT molecular complexity index is 322. The molecule has 2 unspecified atom stereocenters. The van der Waals surface area contributed by atoms with Gasteiger partial charge in [-0.1, -0.05) is 39.8 Å². The molecule has 0 spiro atoms. The van der Waals surface area contributed by atoms with Crippen molar-refractivity contribution in [3.05, 3.63) is 22.8 Å². The standard InChI is InChI=1S/C9H13.C5H14NOSi.2ClH.Ti/c1-6-5-7(2)9(4)8(6)3;1-5(7-2)6-8(3)4;;;/h6H,1-4H3;5-6H,1-4H3;2*1H;/q-1;;;;+2/p-2. The van der Waals surface area contributed by atoms with Crippen LogP contribution in [0.25, 0.3) is 0 Å². The van der Waals surface area contributed by atoms with Gasteiger partial charge in [-0.15, -0.1) is 6.92 Å². The van der Waals surface area contributed by atoms with E-state index in [4.69, 9.17) is 23.3 Å². The Labute approximate surface area is 143 Å². The minimum absolute atomic E-state index is 0.221. The average Bonchev–Trinajstić information content (AvgIpc) is 2.57. The molecule has 1 aliphatic carbocycles. The van der Waals surface area contributed by atoms with Gasteiger partial charge in [0.05, 0.1) is 6.23 Å². The summed E-state index contributed by atoms with van der Waals surface area (Å²) >= 11 is -0.556. The van der Waals surface area contributed by atoms with E-state index in [1.807, 2.05) is 6.92 Å². The fourth-order valence-electron chi connectivity index (χ4n) is 1.63. The Balaban J connectivity index is 0. The van der Waals surface area contributed by atoms with E-state index in [2.05, 4.69) is 51.8 Å². The van der Waals surface area contributed by atoms with E-state index < -0.39 is 17.0 Å². The van der Waals surface area contributed by atoms with Crippen molar-refractivity contribution >= 4 is 27.6 Å². The molecular weight excluding hydrogens is 345 g/mol. The zero-order valence-electron chi connectivity index (χ0n) is 13.8. The van der Waals surface area contributed by atoms with E-state index in [1.54, 1.807) is 7.11 Å². The number of ether oxygens (including phenoxy) is 1. The summed E-state index contributed by atoms with van der Waals surface area (Å²) in [6, 6.07) is 0. The molecular formula is C14H27Cl2NOSiTi-. The number of allylic oxidation sites excluding steroid dienone is 4. The minimum atomic E-state index is -0.556. The van der Waals surface area contributed by atoms with Crippen molar-refractivity contribution in [2.24, 2.45) is 5.92 Å². The van der Waals surface area contributed by atoms with Crippen LogP contribution in [-0.2, 0) is 21.8 Å². The van der Waals surface area contributed by atoms with Crippen LogP contribution in [0, 0.1) is 12.0 Å². The summed E-state index contributed by atoms with van der Waals surface area (Å²) in [5, 5.41) is 0. The number of rotatable bonds is 3. The summed E-state index contributed by atoms with van der Waals surface area (Å²) in [7, 11) is 11.2. The van der Waals surface area contributed by atoms with E-state index in [1.165, 1.54) is 16.7 Å². The van der Waals surface area contributed by atoms with Crippen molar-refractivity contribution in [3.63, 3.8) is 0 Å². The molecule has 6 heteroatoms. The predicted molar refractivity (Wildman–Crippen MR) is 88.8 cm³/mol. The first-order valence-corrected chi connectivity index (χ1v) is 13.3. The molecule has 0 aromatic carbocycles. The summed E-state index contributed by atoms with van der Waals surface area (Å²) in [5.41, 5.74) is 4.25. The molecule has 0 bridgehead atoms. The van der Waals surface area contributed by atoms with Crippen LogP contribution in [0.3, 0.4) is 0 Å². The number of halogens is 2. The van der Waals surface area contributed by atoms with E-state index in [9.17, 15) is 0 Å². The quantitative estimate of drug-likeness (QED) is 0.432. The fraction of sp³-hybridized carbons (Fsp3) is 0.714. The summed E-state index contributed by atoms with van der Waals surface area (Å²) < 4.78 is 4.98. The van der Waals surface area contributed by atoms with Crippen LogP contribution in [0.5, 0.6) is 0 Å². The molecule has 0 aliphatic heterocycles. The molecule has 20 heavy (non-hydrogen) atoms. The van der Waals surface area contributed by atoms with Crippen LogP contribution in [0.4, 0.5) is 0 Å². The van der Waals surface area contributed by atoms with Gasteiger partial charge in [0.2, 0.25) is 0 Å². The monoisotopic (exact) mass is 371 g/mol. The molecule has 0 heterocycles. The van der Waals surface area contributed by atoms with Crippen LogP contribution in [0.2, 0.25) is 13.1 Å². The van der Waals surface area contributed by atoms with E-state index >= 15 is 0 Å². The third kappa shape index (κ3) is 11.6.